The lowest BCUT2D eigenvalue weighted by molar-refractivity contribution is 0.475. The summed E-state index contributed by atoms with van der Waals surface area (Å²) in [7, 11) is 0. The van der Waals surface area contributed by atoms with Crippen molar-refractivity contribution in [3.8, 4) is 5.75 Å². The Morgan fingerprint density at radius 1 is 1.00 bits per heavy atom. The van der Waals surface area contributed by atoms with Gasteiger partial charge in [-0.1, -0.05) is 55.3 Å². The molecule has 2 rings (SSSR count). The SMILES string of the molecule is C.C.C.C.C.CCNc1ncnc(N)n1.N#N.Oc1ccccc1. The average molecular weight is 342 g/mol. The molecule has 0 radical (unpaired) electrons. The van der Waals surface area contributed by atoms with Crippen molar-refractivity contribution >= 4 is 11.9 Å². The predicted octanol–water partition coefficient (Wildman–Crippen LogP) is 4.49. The molecule has 0 bridgehead atoms. The molecule has 8 heteroatoms. The Morgan fingerprint density at radius 2 is 1.50 bits per heavy atom. The molecule has 140 valence electrons. The van der Waals surface area contributed by atoms with Gasteiger partial charge >= 0.3 is 0 Å². The highest BCUT2D eigenvalue weighted by atomic mass is 16.3. The standard InChI is InChI=1S/C6H6O.C5H9N5.5CH4.N2/c7-6-4-2-1-3-5-6;1-2-7-5-9-3-8-4(6)10-5;;;;;;1-2/h1-5,7H;3H,2H2,1H3,(H3,6,7,8,9,10);5*1H4;. The number of aromatic hydroxyl groups is 1. The molecule has 4 N–H and O–H groups in total. The van der Waals surface area contributed by atoms with E-state index in [-0.39, 0.29) is 43.1 Å². The molecule has 1 aromatic carbocycles. The summed E-state index contributed by atoms with van der Waals surface area (Å²) >= 11 is 0. The zero-order valence-corrected chi connectivity index (χ0v) is 10.4. The average Bonchev–Trinajstić information content (AvgIpc) is 2.43. The van der Waals surface area contributed by atoms with E-state index in [0.29, 0.717) is 11.7 Å². The summed E-state index contributed by atoms with van der Waals surface area (Å²) < 4.78 is 0. The van der Waals surface area contributed by atoms with Crippen LogP contribution in [0.25, 0.3) is 0 Å². The van der Waals surface area contributed by atoms with Gasteiger partial charge in [0.2, 0.25) is 11.9 Å². The van der Waals surface area contributed by atoms with E-state index in [2.05, 4.69) is 20.3 Å². The first kappa shape index (κ1) is 37.4. The number of nitrogens with two attached hydrogens (primary N) is 1. The maximum Gasteiger partial charge on any atom is 0.227 e. The maximum atomic E-state index is 8.63. The number of anilines is 2. The smallest absolute Gasteiger partial charge is 0.227 e. The van der Waals surface area contributed by atoms with Gasteiger partial charge in [0.05, 0.1) is 0 Å². The first-order valence-corrected chi connectivity index (χ1v) is 5.34. The van der Waals surface area contributed by atoms with Crippen LogP contribution in [0.3, 0.4) is 0 Å². The Balaban J connectivity index is -0.0000000527. The summed E-state index contributed by atoms with van der Waals surface area (Å²) in [5.74, 6) is 1.09. The van der Waals surface area contributed by atoms with Gasteiger partial charge in [-0.05, 0) is 19.1 Å². The third-order valence-corrected chi connectivity index (χ3v) is 1.68. The second-order valence-corrected chi connectivity index (χ2v) is 3.03. The number of benzene rings is 1. The van der Waals surface area contributed by atoms with Gasteiger partial charge in [-0.15, -0.1) is 0 Å². The normalized spacial score (nSPS) is 6.46. The monoisotopic (exact) mass is 341 g/mol. The third kappa shape index (κ3) is 19.1. The van der Waals surface area contributed by atoms with Crippen molar-refractivity contribution in [3.63, 3.8) is 0 Å². The highest BCUT2D eigenvalue weighted by Gasteiger charge is 1.92. The van der Waals surface area contributed by atoms with E-state index in [1.165, 1.54) is 6.33 Å². The number of phenols is 1. The Labute approximate surface area is 147 Å². The van der Waals surface area contributed by atoms with E-state index < -0.39 is 0 Å². The molecule has 0 fully saturated rings. The number of hydrogen-bond donors (Lipinski definition) is 3. The molecule has 24 heavy (non-hydrogen) atoms. The zero-order chi connectivity index (χ0) is 14.5. The lowest BCUT2D eigenvalue weighted by atomic mass is 10.3. The van der Waals surface area contributed by atoms with Crippen LogP contribution in [0.5, 0.6) is 5.75 Å². The molecule has 0 amide bonds. The number of phenolic OH excluding ortho intramolecular Hbond substituents is 1. The number of para-hydroxylation sites is 1. The fraction of sp³-hybridized carbons (Fsp3) is 0.438. The third-order valence-electron chi connectivity index (χ3n) is 1.68. The number of rotatable bonds is 2. The minimum absolute atomic E-state index is 0. The van der Waals surface area contributed by atoms with Crippen LogP contribution in [0.15, 0.2) is 36.7 Å². The summed E-state index contributed by atoms with van der Waals surface area (Å²) in [5.41, 5.74) is 5.29. The summed E-state index contributed by atoms with van der Waals surface area (Å²) in [6.07, 6.45) is 1.38. The number of aromatic nitrogens is 3. The highest BCUT2D eigenvalue weighted by Crippen LogP contribution is 2.02. The molecule has 0 spiro atoms. The molecule has 1 heterocycles. The van der Waals surface area contributed by atoms with Crippen LogP contribution in [0.2, 0.25) is 0 Å². The van der Waals surface area contributed by atoms with E-state index in [0.717, 1.165) is 6.54 Å². The number of nitrogens with one attached hydrogen (secondary N) is 1. The Kier molecular flexibility index (Phi) is 39.0. The van der Waals surface area contributed by atoms with E-state index in [4.69, 9.17) is 21.6 Å². The van der Waals surface area contributed by atoms with Crippen LogP contribution < -0.4 is 11.1 Å². The van der Waals surface area contributed by atoms with Gasteiger partial charge < -0.3 is 16.2 Å². The molecular formula is C16H35N7O. The van der Waals surface area contributed by atoms with Crippen molar-refractivity contribution in [2.75, 3.05) is 17.6 Å². The minimum atomic E-state index is 0. The Morgan fingerprint density at radius 3 is 1.83 bits per heavy atom. The van der Waals surface area contributed by atoms with E-state index in [9.17, 15) is 0 Å². The second kappa shape index (κ2) is 25.0. The first-order valence-electron chi connectivity index (χ1n) is 5.34. The zero-order valence-electron chi connectivity index (χ0n) is 10.4. The van der Waals surface area contributed by atoms with Gasteiger partial charge in [0.1, 0.15) is 12.1 Å². The molecule has 0 aliphatic carbocycles. The van der Waals surface area contributed by atoms with Crippen LogP contribution in [-0.2, 0) is 0 Å². The van der Waals surface area contributed by atoms with Gasteiger partial charge in [0, 0.05) is 17.3 Å². The molecule has 0 atom stereocenters. The van der Waals surface area contributed by atoms with Crippen molar-refractivity contribution in [1.29, 1.82) is 10.8 Å². The van der Waals surface area contributed by atoms with E-state index in [1.54, 1.807) is 24.3 Å². The fourth-order valence-electron chi connectivity index (χ4n) is 0.980. The van der Waals surface area contributed by atoms with Gasteiger partial charge in [-0.3, -0.25) is 0 Å². The quantitative estimate of drug-likeness (QED) is 0.677. The largest absolute Gasteiger partial charge is 0.508 e. The summed E-state index contributed by atoms with van der Waals surface area (Å²) in [4.78, 5) is 11.3. The molecule has 0 unspecified atom stereocenters. The van der Waals surface area contributed by atoms with Crippen LogP contribution in [0.4, 0.5) is 11.9 Å². The van der Waals surface area contributed by atoms with Gasteiger partial charge in [0.25, 0.3) is 0 Å². The van der Waals surface area contributed by atoms with E-state index >= 15 is 0 Å². The lowest BCUT2D eigenvalue weighted by Crippen LogP contribution is -2.04. The fourth-order valence-corrected chi connectivity index (χ4v) is 0.980. The molecular weight excluding hydrogens is 306 g/mol. The van der Waals surface area contributed by atoms with Crippen LogP contribution in [0, 0.1) is 10.8 Å². The van der Waals surface area contributed by atoms with Crippen molar-refractivity contribution in [2.45, 2.75) is 44.1 Å². The molecule has 1 aromatic heterocycles. The van der Waals surface area contributed by atoms with Crippen LogP contribution >= 0.6 is 0 Å². The van der Waals surface area contributed by atoms with Gasteiger partial charge in [-0.2, -0.15) is 4.98 Å². The van der Waals surface area contributed by atoms with Crippen molar-refractivity contribution in [2.24, 2.45) is 0 Å². The predicted molar refractivity (Wildman–Crippen MR) is 104 cm³/mol. The molecule has 0 aliphatic rings. The van der Waals surface area contributed by atoms with Crippen molar-refractivity contribution in [3.05, 3.63) is 36.7 Å². The summed E-state index contributed by atoms with van der Waals surface area (Å²) in [6.45, 7) is 2.74. The van der Waals surface area contributed by atoms with Crippen molar-refractivity contribution < 1.29 is 5.11 Å². The lowest BCUT2D eigenvalue weighted by Gasteiger charge is -1.98. The summed E-state index contributed by atoms with van der Waals surface area (Å²) in [5, 5.41) is 23.5. The summed E-state index contributed by atoms with van der Waals surface area (Å²) in [6, 6.07) is 8.71. The molecule has 8 nitrogen and oxygen atoms in total. The molecule has 0 saturated carbocycles. The minimum Gasteiger partial charge on any atom is -0.508 e. The number of hydrogen-bond acceptors (Lipinski definition) is 8. The Bertz CT molecular complexity index is 478. The maximum absolute atomic E-state index is 8.63. The highest BCUT2D eigenvalue weighted by molar-refractivity contribution is 5.28. The van der Waals surface area contributed by atoms with Gasteiger partial charge in [-0.25, -0.2) is 9.97 Å². The first-order chi connectivity index (χ1) is 9.22. The van der Waals surface area contributed by atoms with Crippen LogP contribution in [-0.4, -0.2) is 26.6 Å². The van der Waals surface area contributed by atoms with Crippen LogP contribution in [0.1, 0.15) is 44.1 Å². The topological polar surface area (TPSA) is 145 Å². The van der Waals surface area contributed by atoms with E-state index in [1.807, 2.05) is 13.0 Å². The van der Waals surface area contributed by atoms with Crippen molar-refractivity contribution in [1.82, 2.24) is 15.0 Å². The number of nitrogen functional groups attached to an aromatic ring is 1. The van der Waals surface area contributed by atoms with Gasteiger partial charge in [0.15, 0.2) is 0 Å². The number of nitrogens with zero attached hydrogens (tertiary/aromatic N) is 5. The Hall–Kier alpha value is -2.95. The molecule has 0 saturated heterocycles. The second-order valence-electron chi connectivity index (χ2n) is 3.03. The molecule has 0 aliphatic heterocycles. The molecule has 2 aromatic rings.